The Morgan fingerprint density at radius 2 is 1.84 bits per heavy atom. The second-order valence-corrected chi connectivity index (χ2v) is 10.9. The van der Waals surface area contributed by atoms with Crippen molar-refractivity contribution in [2.75, 3.05) is 19.4 Å². The van der Waals surface area contributed by atoms with Crippen molar-refractivity contribution in [1.82, 2.24) is 19.1 Å². The van der Waals surface area contributed by atoms with E-state index in [0.717, 1.165) is 45.0 Å². The molecule has 0 saturated carbocycles. The predicted octanol–water partition coefficient (Wildman–Crippen LogP) is 3.47. The fraction of sp³-hybridized carbons (Fsp3) is 0.227. The molecule has 1 amide bonds. The molecule has 10 heteroatoms. The number of sulfonamides is 1. The first-order valence-electron chi connectivity index (χ1n) is 10.2. The van der Waals surface area contributed by atoms with Crippen molar-refractivity contribution < 1.29 is 13.2 Å². The van der Waals surface area contributed by atoms with Gasteiger partial charge in [-0.1, -0.05) is 23.5 Å². The van der Waals surface area contributed by atoms with E-state index in [4.69, 9.17) is 5.10 Å². The van der Waals surface area contributed by atoms with E-state index in [2.05, 4.69) is 10.3 Å². The van der Waals surface area contributed by atoms with Gasteiger partial charge in [0.1, 0.15) is 5.82 Å². The van der Waals surface area contributed by atoms with Crippen molar-refractivity contribution in [1.29, 1.82) is 0 Å². The molecule has 4 aromatic rings. The van der Waals surface area contributed by atoms with Crippen LogP contribution in [-0.4, -0.2) is 47.5 Å². The third-order valence-corrected chi connectivity index (χ3v) is 8.34. The van der Waals surface area contributed by atoms with Gasteiger partial charge in [-0.15, -0.1) is 0 Å². The van der Waals surface area contributed by atoms with Crippen molar-refractivity contribution in [3.63, 3.8) is 0 Å². The largest absolute Gasteiger partial charge is 0.306 e. The summed E-state index contributed by atoms with van der Waals surface area (Å²) in [6, 6.07) is 13.8. The summed E-state index contributed by atoms with van der Waals surface area (Å²) in [5.74, 6) is 0.308. The quantitative estimate of drug-likeness (QED) is 0.485. The minimum atomic E-state index is -3.55. The molecule has 1 N–H and O–H groups in total. The zero-order valence-electron chi connectivity index (χ0n) is 17.6. The van der Waals surface area contributed by atoms with Gasteiger partial charge in [0.25, 0.3) is 5.91 Å². The summed E-state index contributed by atoms with van der Waals surface area (Å²) in [4.78, 5) is 17.9. The van der Waals surface area contributed by atoms with Crippen LogP contribution in [-0.2, 0) is 22.9 Å². The normalized spacial score (nSPS) is 13.6. The van der Waals surface area contributed by atoms with Gasteiger partial charge in [-0.2, -0.15) is 9.78 Å². The van der Waals surface area contributed by atoms with E-state index in [-0.39, 0.29) is 10.8 Å². The highest BCUT2D eigenvalue weighted by Crippen LogP contribution is 2.34. The van der Waals surface area contributed by atoms with Crippen LogP contribution in [0, 0.1) is 0 Å². The van der Waals surface area contributed by atoms with E-state index in [1.807, 2.05) is 24.3 Å². The first kappa shape index (κ1) is 20.8. The molecule has 164 valence electrons. The Morgan fingerprint density at radius 1 is 1.09 bits per heavy atom. The lowest BCUT2D eigenvalue weighted by Gasteiger charge is -2.12. The van der Waals surface area contributed by atoms with Crippen LogP contribution in [0.15, 0.2) is 53.4 Å². The van der Waals surface area contributed by atoms with Crippen LogP contribution in [0.3, 0.4) is 0 Å². The molecule has 2 heterocycles. The van der Waals surface area contributed by atoms with Gasteiger partial charge in [0, 0.05) is 25.2 Å². The fourth-order valence-electron chi connectivity index (χ4n) is 3.78. The number of benzene rings is 2. The standard InChI is InChI=1S/C22H21N5O3S2/c1-26(2)32(29,30)15-12-10-14(11-13-15)21(28)24-20-16-6-5-8-17(16)25-27(20)22-23-18-7-3-4-9-19(18)31-22/h3-4,7,9-13H,5-6,8H2,1-2H3,(H,24,28). The Bertz CT molecular complexity index is 1400. The Hall–Kier alpha value is -3.08. The molecule has 1 aliphatic rings. The Balaban J connectivity index is 1.48. The average molecular weight is 468 g/mol. The lowest BCUT2D eigenvalue weighted by Crippen LogP contribution is -2.22. The van der Waals surface area contributed by atoms with Crippen LogP contribution in [0.5, 0.6) is 0 Å². The topological polar surface area (TPSA) is 97.2 Å². The minimum Gasteiger partial charge on any atom is -0.306 e. The monoisotopic (exact) mass is 467 g/mol. The van der Waals surface area contributed by atoms with Crippen LogP contribution < -0.4 is 5.32 Å². The number of aryl methyl sites for hydroxylation is 1. The summed E-state index contributed by atoms with van der Waals surface area (Å²) < 4.78 is 28.5. The molecule has 0 unspecified atom stereocenters. The maximum atomic E-state index is 13.0. The SMILES string of the molecule is CN(C)S(=O)(=O)c1ccc(C(=O)Nc2c3c(nn2-c2nc4ccccc4s2)CCC3)cc1. The summed E-state index contributed by atoms with van der Waals surface area (Å²) in [6.07, 6.45) is 2.71. The number of carbonyl (C=O) groups is 1. The minimum absolute atomic E-state index is 0.138. The molecule has 8 nitrogen and oxygen atoms in total. The molecule has 0 aliphatic heterocycles. The predicted molar refractivity (Wildman–Crippen MR) is 124 cm³/mol. The number of hydrogen-bond acceptors (Lipinski definition) is 6. The second-order valence-electron chi connectivity index (χ2n) is 7.77. The molecule has 0 fully saturated rings. The summed E-state index contributed by atoms with van der Waals surface area (Å²) in [7, 11) is -0.608. The third kappa shape index (κ3) is 3.50. The number of aromatic nitrogens is 3. The lowest BCUT2D eigenvalue weighted by molar-refractivity contribution is 0.102. The van der Waals surface area contributed by atoms with Gasteiger partial charge in [0.2, 0.25) is 15.2 Å². The zero-order valence-corrected chi connectivity index (χ0v) is 19.2. The first-order valence-corrected chi connectivity index (χ1v) is 12.4. The number of anilines is 1. The Labute approximate surface area is 189 Å². The van der Waals surface area contributed by atoms with Crippen LogP contribution in [0.1, 0.15) is 28.0 Å². The van der Waals surface area contributed by atoms with Crippen molar-refractivity contribution >= 4 is 43.3 Å². The van der Waals surface area contributed by atoms with E-state index in [1.165, 1.54) is 49.7 Å². The van der Waals surface area contributed by atoms with E-state index < -0.39 is 10.0 Å². The van der Waals surface area contributed by atoms with Gasteiger partial charge < -0.3 is 5.32 Å². The van der Waals surface area contributed by atoms with Crippen LogP contribution in [0.2, 0.25) is 0 Å². The number of hydrogen-bond donors (Lipinski definition) is 1. The number of amides is 1. The van der Waals surface area contributed by atoms with Crippen molar-refractivity contribution in [3.8, 4) is 5.13 Å². The maximum absolute atomic E-state index is 13.0. The average Bonchev–Trinajstić information content (AvgIpc) is 3.48. The highest BCUT2D eigenvalue weighted by atomic mass is 32.2. The summed E-state index contributed by atoms with van der Waals surface area (Å²) in [6.45, 7) is 0. The molecule has 32 heavy (non-hydrogen) atoms. The van der Waals surface area contributed by atoms with Gasteiger partial charge in [-0.3, -0.25) is 4.79 Å². The highest BCUT2D eigenvalue weighted by molar-refractivity contribution is 7.89. The van der Waals surface area contributed by atoms with Crippen molar-refractivity contribution in [2.45, 2.75) is 24.2 Å². The van der Waals surface area contributed by atoms with Gasteiger partial charge in [0.05, 0.1) is 20.8 Å². The third-order valence-electron chi connectivity index (χ3n) is 5.50. The smallest absolute Gasteiger partial charge is 0.256 e. The van der Waals surface area contributed by atoms with E-state index in [0.29, 0.717) is 16.5 Å². The molecule has 2 aromatic carbocycles. The van der Waals surface area contributed by atoms with Gasteiger partial charge >= 0.3 is 0 Å². The van der Waals surface area contributed by atoms with Gasteiger partial charge in [-0.05, 0) is 55.7 Å². The van der Waals surface area contributed by atoms with Crippen molar-refractivity contribution in [3.05, 3.63) is 65.4 Å². The molecule has 0 atom stereocenters. The maximum Gasteiger partial charge on any atom is 0.256 e. The number of carbonyl (C=O) groups excluding carboxylic acids is 1. The number of rotatable bonds is 5. The number of nitrogens with one attached hydrogen (secondary N) is 1. The summed E-state index contributed by atoms with van der Waals surface area (Å²) >= 11 is 1.52. The Morgan fingerprint density at radius 3 is 2.56 bits per heavy atom. The first-order chi connectivity index (χ1) is 15.3. The summed E-state index contributed by atoms with van der Waals surface area (Å²) in [5.41, 5.74) is 3.26. The van der Waals surface area contributed by atoms with Gasteiger partial charge in [0.15, 0.2) is 0 Å². The van der Waals surface area contributed by atoms with Gasteiger partial charge in [-0.25, -0.2) is 17.7 Å². The lowest BCUT2D eigenvalue weighted by atomic mass is 10.2. The van der Waals surface area contributed by atoms with Crippen LogP contribution >= 0.6 is 11.3 Å². The Kier molecular flexibility index (Phi) is 5.07. The number of nitrogens with zero attached hydrogens (tertiary/aromatic N) is 4. The molecular weight excluding hydrogens is 446 g/mol. The second kappa shape index (κ2) is 7.80. The van der Waals surface area contributed by atoms with Crippen molar-refractivity contribution in [2.24, 2.45) is 0 Å². The number of fused-ring (bicyclic) bond motifs is 2. The van der Waals surface area contributed by atoms with E-state index >= 15 is 0 Å². The van der Waals surface area contributed by atoms with Crippen LogP contribution in [0.25, 0.3) is 15.3 Å². The molecule has 5 rings (SSSR count). The zero-order chi connectivity index (χ0) is 22.5. The molecule has 1 aliphatic carbocycles. The number of thiazole rings is 1. The molecule has 0 bridgehead atoms. The fourth-order valence-corrected chi connectivity index (χ4v) is 5.60. The summed E-state index contributed by atoms with van der Waals surface area (Å²) in [5, 5.41) is 8.43. The van der Waals surface area contributed by atoms with Crippen LogP contribution in [0.4, 0.5) is 5.82 Å². The van der Waals surface area contributed by atoms with E-state index in [1.54, 1.807) is 4.68 Å². The molecular formula is C22H21N5O3S2. The molecule has 0 saturated heterocycles. The highest BCUT2D eigenvalue weighted by Gasteiger charge is 2.26. The molecule has 0 spiro atoms. The molecule has 2 aromatic heterocycles. The number of para-hydroxylation sites is 1. The molecule has 0 radical (unpaired) electrons. The van der Waals surface area contributed by atoms with E-state index in [9.17, 15) is 13.2 Å².